The fraction of sp³-hybridized carbons (Fsp3) is 0.259. The van der Waals surface area contributed by atoms with Gasteiger partial charge in [0.05, 0.1) is 23.6 Å². The number of carbonyl (C=O) groups is 1. The minimum Gasteiger partial charge on any atom is -0.325 e. The van der Waals surface area contributed by atoms with Gasteiger partial charge >= 0.3 is 0 Å². The van der Waals surface area contributed by atoms with E-state index in [9.17, 15) is 9.59 Å². The van der Waals surface area contributed by atoms with Gasteiger partial charge in [-0.1, -0.05) is 74.1 Å². The average Bonchev–Trinajstić information content (AvgIpc) is 3.21. The number of aromatic nitrogens is 4. The molecule has 0 saturated heterocycles. The van der Waals surface area contributed by atoms with Gasteiger partial charge in [0, 0.05) is 16.7 Å². The predicted molar refractivity (Wildman–Crippen MR) is 140 cm³/mol. The zero-order valence-corrected chi connectivity index (χ0v) is 20.6. The predicted octanol–water partition coefficient (Wildman–Crippen LogP) is 4.70. The Labute approximate surface area is 207 Å². The first-order valence-electron chi connectivity index (χ1n) is 11.7. The Hall–Kier alpha value is -3.65. The van der Waals surface area contributed by atoms with Crippen LogP contribution in [0.25, 0.3) is 17.0 Å². The molecule has 5 rings (SSSR count). The zero-order valence-electron chi connectivity index (χ0n) is 19.8. The van der Waals surface area contributed by atoms with Crippen LogP contribution in [0.2, 0.25) is 0 Å². The van der Waals surface area contributed by atoms with E-state index in [0.717, 1.165) is 29.8 Å². The van der Waals surface area contributed by atoms with Gasteiger partial charge in [0.25, 0.3) is 5.56 Å². The van der Waals surface area contributed by atoms with Crippen LogP contribution in [0.1, 0.15) is 31.4 Å². The maximum absolute atomic E-state index is 14.1. The fourth-order valence-electron chi connectivity index (χ4n) is 4.69. The van der Waals surface area contributed by atoms with E-state index in [1.54, 1.807) is 15.2 Å². The molecular weight excluding hydrogens is 458 g/mol. The van der Waals surface area contributed by atoms with E-state index < -0.39 is 0 Å². The lowest BCUT2D eigenvalue weighted by atomic mass is 9.69. The van der Waals surface area contributed by atoms with Crippen molar-refractivity contribution in [2.24, 2.45) is 0 Å². The molecule has 2 heterocycles. The van der Waals surface area contributed by atoms with Crippen molar-refractivity contribution < 1.29 is 4.79 Å². The number of carbonyl (C=O) groups excluding carboxylic acids is 1. The summed E-state index contributed by atoms with van der Waals surface area (Å²) in [5.41, 5.74) is 3.89. The Morgan fingerprint density at radius 2 is 1.94 bits per heavy atom. The van der Waals surface area contributed by atoms with E-state index in [2.05, 4.69) is 36.9 Å². The lowest BCUT2D eigenvalue weighted by Crippen LogP contribution is -2.38. The summed E-state index contributed by atoms with van der Waals surface area (Å²) in [6.07, 6.45) is 3.30. The molecule has 35 heavy (non-hydrogen) atoms. The monoisotopic (exact) mass is 485 g/mol. The number of nitrogens with one attached hydrogen (secondary N) is 1. The normalized spacial score (nSPS) is 16.5. The van der Waals surface area contributed by atoms with E-state index >= 15 is 0 Å². The second-order valence-electron chi connectivity index (χ2n) is 8.98. The molecule has 1 aliphatic carbocycles. The number of thioether (sulfide) groups is 1. The molecule has 7 nitrogen and oxygen atoms in total. The molecule has 1 unspecified atom stereocenters. The minimum atomic E-state index is -0.345. The molecule has 1 aliphatic rings. The fourth-order valence-corrected chi connectivity index (χ4v) is 5.47. The quantitative estimate of drug-likeness (QED) is 0.303. The van der Waals surface area contributed by atoms with Crippen LogP contribution in [0.5, 0.6) is 0 Å². The molecule has 0 saturated carbocycles. The molecule has 178 valence electrons. The first-order valence-corrected chi connectivity index (χ1v) is 12.6. The van der Waals surface area contributed by atoms with E-state index in [1.165, 1.54) is 17.3 Å². The van der Waals surface area contributed by atoms with Gasteiger partial charge in [-0.25, -0.2) is 14.1 Å². The summed E-state index contributed by atoms with van der Waals surface area (Å²) in [6, 6.07) is 17.5. The number of hydrogen-bond donors (Lipinski definition) is 1. The van der Waals surface area contributed by atoms with Gasteiger partial charge in [-0.15, -0.1) is 11.7 Å². The van der Waals surface area contributed by atoms with Crippen LogP contribution >= 0.6 is 11.8 Å². The minimum absolute atomic E-state index is 0.118. The Kier molecular flexibility index (Phi) is 6.06. The molecule has 4 aromatic rings. The van der Waals surface area contributed by atoms with Crippen LogP contribution < -0.4 is 10.9 Å². The van der Waals surface area contributed by atoms with Gasteiger partial charge in [-0.2, -0.15) is 0 Å². The van der Waals surface area contributed by atoms with Gasteiger partial charge in [0.1, 0.15) is 0 Å². The van der Waals surface area contributed by atoms with Crippen LogP contribution in [-0.2, 0) is 23.2 Å². The van der Waals surface area contributed by atoms with E-state index in [0.29, 0.717) is 23.0 Å². The molecule has 0 aliphatic heterocycles. The summed E-state index contributed by atoms with van der Waals surface area (Å²) in [5.74, 6) is 0.403. The van der Waals surface area contributed by atoms with Gasteiger partial charge in [-0.05, 0) is 30.5 Å². The molecule has 0 bridgehead atoms. The zero-order chi connectivity index (χ0) is 24.6. The van der Waals surface area contributed by atoms with Gasteiger partial charge in [0.15, 0.2) is 5.16 Å². The van der Waals surface area contributed by atoms with Crippen molar-refractivity contribution in [3.63, 3.8) is 0 Å². The molecule has 0 radical (unpaired) electrons. The van der Waals surface area contributed by atoms with Gasteiger partial charge in [-0.3, -0.25) is 9.59 Å². The number of hydrogen-bond acceptors (Lipinski definition) is 5. The number of nitrogens with zero attached hydrogens (tertiary/aromatic N) is 4. The average molecular weight is 486 g/mol. The first kappa shape index (κ1) is 23.1. The topological polar surface area (TPSA) is 81.3 Å². The highest BCUT2D eigenvalue weighted by atomic mass is 32.2. The number of anilines is 1. The number of allylic oxidation sites excluding steroid dienone is 1. The highest BCUT2D eigenvalue weighted by molar-refractivity contribution is 7.99. The van der Waals surface area contributed by atoms with Crippen LogP contribution in [-0.4, -0.2) is 30.8 Å². The van der Waals surface area contributed by atoms with E-state index in [4.69, 9.17) is 4.98 Å². The highest BCUT2D eigenvalue weighted by Gasteiger charge is 2.38. The van der Waals surface area contributed by atoms with Crippen molar-refractivity contribution in [2.75, 3.05) is 11.1 Å². The number of benzene rings is 2. The third-order valence-electron chi connectivity index (χ3n) is 6.62. The molecule has 1 N–H and O–H groups in total. The Balaban J connectivity index is 1.61. The van der Waals surface area contributed by atoms with Crippen LogP contribution in [0, 0.1) is 0 Å². The summed E-state index contributed by atoms with van der Waals surface area (Å²) >= 11 is 1.23. The van der Waals surface area contributed by atoms with Crippen molar-refractivity contribution >= 4 is 29.1 Å². The molecule has 2 aromatic heterocycles. The second kappa shape index (κ2) is 9.19. The Morgan fingerprint density at radius 3 is 2.69 bits per heavy atom. The summed E-state index contributed by atoms with van der Waals surface area (Å²) < 4.78 is 3.23. The molecule has 1 amide bonds. The van der Waals surface area contributed by atoms with Crippen molar-refractivity contribution in [3.05, 3.63) is 88.7 Å². The van der Waals surface area contributed by atoms with Crippen LogP contribution in [0.4, 0.5) is 5.69 Å². The van der Waals surface area contributed by atoms with Crippen molar-refractivity contribution in [3.8, 4) is 11.3 Å². The number of fused-ring (bicyclic) bond motifs is 4. The molecule has 8 heteroatoms. The molecule has 1 atom stereocenters. The van der Waals surface area contributed by atoms with Crippen LogP contribution in [0.3, 0.4) is 0 Å². The SMILES string of the molecule is C=CCn1nc(SCC(=O)Nc2ccccc2)n2c(=O)c3c(nc12)-c1ccccc1CC3(C)CC. The summed E-state index contributed by atoms with van der Waals surface area (Å²) in [4.78, 5) is 31.6. The third kappa shape index (κ3) is 4.08. The summed E-state index contributed by atoms with van der Waals surface area (Å²) in [7, 11) is 0. The maximum atomic E-state index is 14.1. The summed E-state index contributed by atoms with van der Waals surface area (Å²) in [6.45, 7) is 8.47. The van der Waals surface area contributed by atoms with Gasteiger partial charge in [0.2, 0.25) is 11.7 Å². The Morgan fingerprint density at radius 1 is 1.20 bits per heavy atom. The third-order valence-corrected chi connectivity index (χ3v) is 7.55. The lowest BCUT2D eigenvalue weighted by Gasteiger charge is -2.35. The molecular formula is C27H27N5O2S. The Bertz CT molecular complexity index is 1490. The summed E-state index contributed by atoms with van der Waals surface area (Å²) in [5, 5.41) is 7.97. The smallest absolute Gasteiger partial charge is 0.265 e. The van der Waals surface area contributed by atoms with Crippen molar-refractivity contribution in [1.29, 1.82) is 0 Å². The number of para-hydroxylation sites is 1. The number of amides is 1. The van der Waals surface area contributed by atoms with Crippen molar-refractivity contribution in [1.82, 2.24) is 19.2 Å². The van der Waals surface area contributed by atoms with Crippen LogP contribution in [0.15, 0.2) is 77.2 Å². The van der Waals surface area contributed by atoms with Crippen molar-refractivity contribution in [2.45, 2.75) is 43.8 Å². The molecule has 2 aromatic carbocycles. The van der Waals surface area contributed by atoms with E-state index in [1.807, 2.05) is 48.5 Å². The maximum Gasteiger partial charge on any atom is 0.265 e. The molecule has 0 fully saturated rings. The molecule has 0 spiro atoms. The van der Waals surface area contributed by atoms with Gasteiger partial charge < -0.3 is 5.32 Å². The largest absolute Gasteiger partial charge is 0.325 e. The lowest BCUT2D eigenvalue weighted by molar-refractivity contribution is -0.113. The van der Waals surface area contributed by atoms with E-state index in [-0.39, 0.29) is 22.6 Å². The highest BCUT2D eigenvalue weighted by Crippen LogP contribution is 2.42. The first-order chi connectivity index (χ1) is 16.9. The second-order valence-corrected chi connectivity index (χ2v) is 9.92. The standard InChI is InChI=1S/C27H27N5O2S/c1-4-15-31-25-29-23-20-14-10-9-11-18(20)16-27(3,5-2)22(23)24(34)32(25)26(30-31)35-17-21(33)28-19-12-7-6-8-13-19/h4,6-14H,1,5,15-17H2,2-3H3,(H,28,33). The number of rotatable bonds is 7.